The normalized spacial score (nSPS) is 11.8. The standard InChI is InChI=1S/C13H20O.C12H18O2.2C12H18O.C11H18N2.C11H16O2.C10H16N2O/c1-8-7-11(14)9(2)10(3)12(8)13(4,5)6;1-7-8(2)11(12(3,4)5)10(14)6-9(7)13;1-8-7-11(13)9(2)6-10(8)12(3,4)5;1-8-6-10(13)7-9(2)11(8)12(3,4)5;1-7-10(11(4,5)6)8(2)13-9(3)12-7;1-7-5-8(11(2,3)4)10(13)6-9(7)12;1-6-8(10(3,4)5)9(13)12-7(2)11-6/h7,14H,1-6H3;6,13-14H,1-5H3;2*6-7,13H,1-5H3;1-6H3;5-6,12-13H,1-4H3;1-5H3,(H,11,12,13). The second-order valence-corrected chi connectivity index (χ2v) is 32.6. The van der Waals surface area contributed by atoms with E-state index in [0.717, 1.165) is 73.0 Å². The Hall–Kier alpha value is -7.34. The van der Waals surface area contributed by atoms with Crippen molar-refractivity contribution in [3.8, 4) is 40.2 Å². The van der Waals surface area contributed by atoms with Crippen molar-refractivity contribution < 1.29 is 35.7 Å². The number of phenolic OH excluding ortho intramolecular Hbond substituents is 7. The van der Waals surface area contributed by atoms with E-state index in [1.54, 1.807) is 6.92 Å². The van der Waals surface area contributed by atoms with E-state index in [-0.39, 0.29) is 66.5 Å². The van der Waals surface area contributed by atoms with Crippen LogP contribution >= 0.6 is 0 Å². The molecule has 516 valence electrons. The molecule has 12 heteroatoms. The maximum Gasteiger partial charge on any atom is 0.254 e. The molecule has 0 unspecified atom stereocenters. The number of hydrogen-bond donors (Lipinski definition) is 8. The number of hydrogen-bond acceptors (Lipinski definition) is 11. The number of benzene rings is 5. The zero-order valence-electron chi connectivity index (χ0n) is 64.5. The molecule has 2 heterocycles. The van der Waals surface area contributed by atoms with E-state index >= 15 is 0 Å². The molecule has 8 N–H and O–H groups in total. The van der Waals surface area contributed by atoms with Crippen molar-refractivity contribution in [1.82, 2.24) is 19.9 Å². The summed E-state index contributed by atoms with van der Waals surface area (Å²) in [6.45, 7) is 74.1. The molecule has 0 saturated heterocycles. The van der Waals surface area contributed by atoms with Gasteiger partial charge in [0.2, 0.25) is 0 Å². The van der Waals surface area contributed by atoms with Gasteiger partial charge in [-0.1, -0.05) is 151 Å². The van der Waals surface area contributed by atoms with Gasteiger partial charge in [0, 0.05) is 40.3 Å². The molecule has 0 amide bonds. The van der Waals surface area contributed by atoms with Crippen LogP contribution in [0.1, 0.15) is 269 Å². The fraction of sp³-hybridized carbons (Fsp3) is 0.531. The predicted octanol–water partition coefficient (Wildman–Crippen LogP) is 20.3. The van der Waals surface area contributed by atoms with Gasteiger partial charge in [-0.15, -0.1) is 0 Å². The van der Waals surface area contributed by atoms with Gasteiger partial charge in [-0.25, -0.2) is 15.0 Å². The van der Waals surface area contributed by atoms with Crippen molar-refractivity contribution in [3.63, 3.8) is 0 Å². The topological polar surface area (TPSA) is 213 Å². The molecule has 7 rings (SSSR count). The number of phenols is 7. The summed E-state index contributed by atoms with van der Waals surface area (Å²) in [5.41, 5.74) is 21.6. The Morgan fingerprint density at radius 2 is 0.602 bits per heavy atom. The van der Waals surface area contributed by atoms with Crippen molar-refractivity contribution >= 4 is 0 Å². The number of aromatic hydroxyl groups is 7. The Kier molecular flexibility index (Phi) is 28.5. The third-order valence-electron chi connectivity index (χ3n) is 16.3. The van der Waals surface area contributed by atoms with Gasteiger partial charge >= 0.3 is 0 Å². The lowest BCUT2D eigenvalue weighted by molar-refractivity contribution is 0.427. The lowest BCUT2D eigenvalue weighted by Crippen LogP contribution is -2.27. The van der Waals surface area contributed by atoms with Crippen LogP contribution in [0.25, 0.3) is 0 Å². The quantitative estimate of drug-likeness (QED) is 0.0715. The number of nitrogens with one attached hydrogen (secondary N) is 1. The summed E-state index contributed by atoms with van der Waals surface area (Å²) in [4.78, 5) is 27.4. The number of aromatic nitrogens is 4. The summed E-state index contributed by atoms with van der Waals surface area (Å²) >= 11 is 0. The maximum absolute atomic E-state index is 11.6. The van der Waals surface area contributed by atoms with Crippen LogP contribution in [0.5, 0.6) is 40.2 Å². The lowest BCUT2D eigenvalue weighted by atomic mass is 9.80. The van der Waals surface area contributed by atoms with E-state index < -0.39 is 0 Å². The zero-order valence-corrected chi connectivity index (χ0v) is 64.5. The molecule has 12 nitrogen and oxygen atoms in total. The molecule has 0 spiro atoms. The Bertz CT molecular complexity index is 3500. The first-order valence-corrected chi connectivity index (χ1v) is 32.5. The Labute approximate surface area is 562 Å². The van der Waals surface area contributed by atoms with Crippen molar-refractivity contribution in [3.05, 3.63) is 182 Å². The fourth-order valence-electron chi connectivity index (χ4n) is 12.6. The van der Waals surface area contributed by atoms with Gasteiger partial charge in [-0.2, -0.15) is 0 Å². The highest BCUT2D eigenvalue weighted by Crippen LogP contribution is 2.40. The Balaban J connectivity index is 0.000000543. The molecular weight excluding hydrogens is 1160 g/mol. The van der Waals surface area contributed by atoms with Gasteiger partial charge in [-0.3, -0.25) is 4.79 Å². The molecule has 0 radical (unpaired) electrons. The SMILES string of the molecule is Cc1c(O)cc(O)c(C(C)(C)C)c1C.Cc1cc(C(C)(C)C)c(C)cc1O.Cc1cc(C(C)(C)C)c(O)cc1O.Cc1cc(O)c(C)c(C)c1C(C)(C)C.Cc1cc(O)cc(C)c1C(C)(C)C.Cc1nc(C)c(C(C)(C)C)c(=O)[nH]1.Cc1nc(C)c(C(C)(C)C)c(C)n1. The van der Waals surface area contributed by atoms with E-state index in [1.807, 2.05) is 162 Å². The predicted molar refractivity (Wildman–Crippen MR) is 393 cm³/mol. The molecule has 2 aromatic heterocycles. The van der Waals surface area contributed by atoms with Gasteiger partial charge < -0.3 is 40.7 Å². The summed E-state index contributed by atoms with van der Waals surface area (Å²) in [5.74, 6) is 3.35. The highest BCUT2D eigenvalue weighted by Gasteiger charge is 2.26. The molecule has 0 bridgehead atoms. The van der Waals surface area contributed by atoms with E-state index in [9.17, 15) is 40.5 Å². The summed E-state index contributed by atoms with van der Waals surface area (Å²) in [6, 6.07) is 14.1. The third-order valence-corrected chi connectivity index (χ3v) is 16.3. The largest absolute Gasteiger partial charge is 0.508 e. The van der Waals surface area contributed by atoms with Crippen LogP contribution in [0.3, 0.4) is 0 Å². The molecule has 0 atom stereocenters. The van der Waals surface area contributed by atoms with Crippen molar-refractivity contribution in [2.75, 3.05) is 0 Å². The second kappa shape index (κ2) is 31.7. The minimum Gasteiger partial charge on any atom is -0.508 e. The lowest BCUT2D eigenvalue weighted by Gasteiger charge is -2.25. The fourth-order valence-corrected chi connectivity index (χ4v) is 12.6. The Morgan fingerprint density at radius 3 is 0.978 bits per heavy atom. The number of H-pyrrole nitrogens is 1. The van der Waals surface area contributed by atoms with E-state index in [1.165, 1.54) is 56.6 Å². The van der Waals surface area contributed by atoms with Crippen LogP contribution in [0.15, 0.2) is 53.3 Å². The van der Waals surface area contributed by atoms with Crippen LogP contribution in [0.4, 0.5) is 0 Å². The van der Waals surface area contributed by atoms with E-state index in [0.29, 0.717) is 23.1 Å². The molecular formula is C81H124N4O8. The van der Waals surface area contributed by atoms with Gasteiger partial charge in [0.15, 0.2) is 0 Å². The van der Waals surface area contributed by atoms with Gasteiger partial charge in [-0.05, 0) is 256 Å². The summed E-state index contributed by atoms with van der Waals surface area (Å²) in [5, 5.41) is 66.8. The molecule has 5 aromatic carbocycles. The zero-order chi connectivity index (χ0) is 73.3. The minimum atomic E-state index is -0.141. The van der Waals surface area contributed by atoms with E-state index in [2.05, 4.69) is 137 Å². The second-order valence-electron chi connectivity index (χ2n) is 32.6. The molecule has 7 aromatic rings. The molecule has 93 heavy (non-hydrogen) atoms. The van der Waals surface area contributed by atoms with E-state index in [4.69, 9.17) is 0 Å². The number of rotatable bonds is 0. The minimum absolute atomic E-state index is 0.0162. The average molecular weight is 1280 g/mol. The van der Waals surface area contributed by atoms with Gasteiger partial charge in [0.25, 0.3) is 5.56 Å². The highest BCUT2D eigenvalue weighted by molar-refractivity contribution is 5.54. The first-order valence-electron chi connectivity index (χ1n) is 32.5. The third kappa shape index (κ3) is 24.2. The van der Waals surface area contributed by atoms with Crippen LogP contribution < -0.4 is 5.56 Å². The van der Waals surface area contributed by atoms with Gasteiger partial charge in [0.05, 0.1) is 0 Å². The first kappa shape index (κ1) is 83.7. The van der Waals surface area contributed by atoms with Crippen molar-refractivity contribution in [2.45, 2.75) is 287 Å². The molecule has 0 aliphatic rings. The summed E-state index contributed by atoms with van der Waals surface area (Å²) in [6.07, 6.45) is 0. The summed E-state index contributed by atoms with van der Waals surface area (Å²) in [7, 11) is 0. The average Bonchev–Trinajstić information content (AvgIpc) is 0.872. The molecule has 0 saturated carbocycles. The maximum atomic E-state index is 11.6. The highest BCUT2D eigenvalue weighted by atomic mass is 16.3. The van der Waals surface area contributed by atoms with Crippen LogP contribution in [-0.2, 0) is 37.9 Å². The Morgan fingerprint density at radius 1 is 0.280 bits per heavy atom. The summed E-state index contributed by atoms with van der Waals surface area (Å²) < 4.78 is 0. The van der Waals surface area contributed by atoms with Crippen molar-refractivity contribution in [1.29, 1.82) is 0 Å². The molecule has 0 fully saturated rings. The van der Waals surface area contributed by atoms with Gasteiger partial charge in [0.1, 0.15) is 51.9 Å². The van der Waals surface area contributed by atoms with Crippen molar-refractivity contribution in [2.24, 2.45) is 0 Å². The monoisotopic (exact) mass is 1280 g/mol. The number of aromatic amines is 1. The molecule has 0 aliphatic heterocycles. The first-order chi connectivity index (χ1) is 41.6. The number of aryl methyl sites for hydroxylation is 11. The van der Waals surface area contributed by atoms with Crippen LogP contribution in [0, 0.1) is 104 Å². The van der Waals surface area contributed by atoms with Crippen LogP contribution in [0.2, 0.25) is 0 Å². The number of nitrogens with zero attached hydrogens (tertiary/aromatic N) is 3. The molecule has 0 aliphatic carbocycles. The smallest absolute Gasteiger partial charge is 0.254 e. The van der Waals surface area contributed by atoms with Crippen LogP contribution in [-0.4, -0.2) is 55.7 Å².